The Balaban J connectivity index is 2.41. The Bertz CT molecular complexity index is 208. The van der Waals surface area contributed by atoms with Crippen molar-refractivity contribution < 1.29 is 8.42 Å². The first-order valence-electron chi connectivity index (χ1n) is 3.55. The molecule has 1 fully saturated rings. The Labute approximate surface area is 66.7 Å². The maximum Gasteiger partial charge on any atom is 0.276 e. The summed E-state index contributed by atoms with van der Waals surface area (Å²) in [5.41, 5.74) is 0. The van der Waals surface area contributed by atoms with E-state index in [9.17, 15) is 8.42 Å². The lowest BCUT2D eigenvalue weighted by molar-refractivity contribution is 0.552. The second-order valence-corrected chi connectivity index (χ2v) is 4.17. The molecule has 3 N–H and O–H groups in total. The van der Waals surface area contributed by atoms with E-state index in [1.165, 1.54) is 7.05 Å². The van der Waals surface area contributed by atoms with Crippen molar-refractivity contribution in [2.45, 2.75) is 12.5 Å². The average Bonchev–Trinajstić information content (AvgIpc) is 2.39. The Hall–Kier alpha value is -0.170. The van der Waals surface area contributed by atoms with Crippen LogP contribution in [0.5, 0.6) is 0 Å². The highest BCUT2D eigenvalue weighted by molar-refractivity contribution is 7.87. The Morgan fingerprint density at radius 2 is 2.27 bits per heavy atom. The van der Waals surface area contributed by atoms with Gasteiger partial charge in [0.25, 0.3) is 10.2 Å². The van der Waals surface area contributed by atoms with E-state index in [2.05, 4.69) is 14.8 Å². The molecular weight excluding hydrogens is 166 g/mol. The van der Waals surface area contributed by atoms with Gasteiger partial charge in [-0.3, -0.25) is 0 Å². The molecule has 1 rings (SSSR count). The summed E-state index contributed by atoms with van der Waals surface area (Å²) in [7, 11) is -1.85. The molecule has 0 unspecified atom stereocenters. The number of hydrogen-bond donors (Lipinski definition) is 3. The number of hydrogen-bond acceptors (Lipinski definition) is 3. The molecule has 0 radical (unpaired) electrons. The third-order valence-corrected chi connectivity index (χ3v) is 2.83. The number of rotatable bonds is 3. The summed E-state index contributed by atoms with van der Waals surface area (Å²) in [6, 6.07) is 0.0486. The molecule has 66 valence electrons. The van der Waals surface area contributed by atoms with Crippen LogP contribution in [0.3, 0.4) is 0 Å². The van der Waals surface area contributed by atoms with Crippen molar-refractivity contribution >= 4 is 10.2 Å². The van der Waals surface area contributed by atoms with Crippen molar-refractivity contribution in [3.63, 3.8) is 0 Å². The molecule has 1 heterocycles. The van der Waals surface area contributed by atoms with Gasteiger partial charge in [0.05, 0.1) is 0 Å². The fourth-order valence-electron chi connectivity index (χ4n) is 1.03. The van der Waals surface area contributed by atoms with Crippen LogP contribution in [0.4, 0.5) is 0 Å². The average molecular weight is 179 g/mol. The zero-order valence-electron chi connectivity index (χ0n) is 6.42. The molecule has 1 saturated heterocycles. The third-order valence-electron chi connectivity index (χ3n) is 1.65. The van der Waals surface area contributed by atoms with Crippen molar-refractivity contribution in [3.8, 4) is 0 Å². The summed E-state index contributed by atoms with van der Waals surface area (Å²) in [5, 5.41) is 3.06. The highest BCUT2D eigenvalue weighted by Crippen LogP contribution is 1.97. The van der Waals surface area contributed by atoms with Crippen molar-refractivity contribution in [1.82, 2.24) is 14.8 Å². The predicted octanol–water partition coefficient (Wildman–Crippen LogP) is -1.60. The largest absolute Gasteiger partial charge is 0.315 e. The van der Waals surface area contributed by atoms with Crippen LogP contribution in [0.1, 0.15) is 6.42 Å². The zero-order chi connectivity index (χ0) is 8.32. The summed E-state index contributed by atoms with van der Waals surface area (Å²) in [6.45, 7) is 1.61. The number of nitrogens with one attached hydrogen (secondary N) is 3. The quantitative estimate of drug-likeness (QED) is 0.489. The van der Waals surface area contributed by atoms with E-state index in [4.69, 9.17) is 0 Å². The summed E-state index contributed by atoms with van der Waals surface area (Å²) in [5.74, 6) is 0. The molecular formula is C5H13N3O2S. The Morgan fingerprint density at radius 3 is 2.73 bits per heavy atom. The van der Waals surface area contributed by atoms with Gasteiger partial charge in [-0.05, 0) is 13.0 Å². The van der Waals surface area contributed by atoms with Gasteiger partial charge in [0.2, 0.25) is 0 Å². The van der Waals surface area contributed by atoms with Crippen molar-refractivity contribution in [2.24, 2.45) is 0 Å². The van der Waals surface area contributed by atoms with E-state index in [-0.39, 0.29) is 6.04 Å². The lowest BCUT2D eigenvalue weighted by Gasteiger charge is -2.09. The third kappa shape index (κ3) is 2.74. The van der Waals surface area contributed by atoms with Gasteiger partial charge >= 0.3 is 0 Å². The summed E-state index contributed by atoms with van der Waals surface area (Å²) < 4.78 is 26.5. The Kier molecular flexibility index (Phi) is 2.83. The molecule has 6 heteroatoms. The second-order valence-electron chi connectivity index (χ2n) is 2.52. The van der Waals surface area contributed by atoms with Crippen LogP contribution < -0.4 is 14.8 Å². The lowest BCUT2D eigenvalue weighted by atomic mass is 10.3. The van der Waals surface area contributed by atoms with Crippen molar-refractivity contribution in [2.75, 3.05) is 20.1 Å². The molecule has 0 aromatic carbocycles. The second kappa shape index (κ2) is 3.48. The first kappa shape index (κ1) is 8.92. The smallest absolute Gasteiger partial charge is 0.276 e. The molecule has 1 aliphatic rings. The molecule has 5 nitrogen and oxygen atoms in total. The molecule has 0 aromatic heterocycles. The van der Waals surface area contributed by atoms with Crippen LogP contribution in [0.15, 0.2) is 0 Å². The molecule has 0 aliphatic carbocycles. The highest BCUT2D eigenvalue weighted by Gasteiger charge is 2.19. The normalized spacial score (nSPS) is 25.7. The molecule has 0 amide bonds. The first-order valence-corrected chi connectivity index (χ1v) is 5.04. The minimum Gasteiger partial charge on any atom is -0.315 e. The monoisotopic (exact) mass is 179 g/mol. The minimum absolute atomic E-state index is 0.0486. The highest BCUT2D eigenvalue weighted by atomic mass is 32.2. The predicted molar refractivity (Wildman–Crippen MR) is 42.4 cm³/mol. The van der Waals surface area contributed by atoms with E-state index >= 15 is 0 Å². The van der Waals surface area contributed by atoms with Gasteiger partial charge in [0, 0.05) is 19.6 Å². The van der Waals surface area contributed by atoms with Crippen LogP contribution in [-0.2, 0) is 10.2 Å². The van der Waals surface area contributed by atoms with Gasteiger partial charge in [0.15, 0.2) is 0 Å². The van der Waals surface area contributed by atoms with E-state index in [0.717, 1.165) is 19.5 Å². The lowest BCUT2D eigenvalue weighted by Crippen LogP contribution is -2.42. The minimum atomic E-state index is -3.24. The van der Waals surface area contributed by atoms with Gasteiger partial charge in [-0.15, -0.1) is 0 Å². The van der Waals surface area contributed by atoms with Crippen LogP contribution in [0, 0.1) is 0 Å². The van der Waals surface area contributed by atoms with Crippen LogP contribution in [0.25, 0.3) is 0 Å². The van der Waals surface area contributed by atoms with E-state index in [0.29, 0.717) is 0 Å². The van der Waals surface area contributed by atoms with Crippen LogP contribution in [0.2, 0.25) is 0 Å². The molecule has 0 spiro atoms. The van der Waals surface area contributed by atoms with Crippen LogP contribution in [-0.4, -0.2) is 34.6 Å². The molecule has 0 aromatic rings. The van der Waals surface area contributed by atoms with Gasteiger partial charge in [0.1, 0.15) is 0 Å². The maximum atomic E-state index is 10.9. The van der Waals surface area contributed by atoms with E-state index in [1.807, 2.05) is 0 Å². The molecule has 11 heavy (non-hydrogen) atoms. The van der Waals surface area contributed by atoms with E-state index < -0.39 is 10.2 Å². The van der Waals surface area contributed by atoms with Crippen molar-refractivity contribution in [3.05, 3.63) is 0 Å². The van der Waals surface area contributed by atoms with Gasteiger partial charge in [-0.2, -0.15) is 13.1 Å². The van der Waals surface area contributed by atoms with Gasteiger partial charge in [-0.1, -0.05) is 0 Å². The molecule has 1 aliphatic heterocycles. The SMILES string of the molecule is CNS(=O)(=O)N[C@@H]1CCNC1. The van der Waals surface area contributed by atoms with Gasteiger partial charge < -0.3 is 5.32 Å². The maximum absolute atomic E-state index is 10.9. The van der Waals surface area contributed by atoms with E-state index in [1.54, 1.807) is 0 Å². The molecule has 0 bridgehead atoms. The van der Waals surface area contributed by atoms with Crippen molar-refractivity contribution in [1.29, 1.82) is 0 Å². The summed E-state index contributed by atoms with van der Waals surface area (Å²) in [4.78, 5) is 0. The Morgan fingerprint density at radius 1 is 1.55 bits per heavy atom. The van der Waals surface area contributed by atoms with Crippen LogP contribution >= 0.6 is 0 Å². The topological polar surface area (TPSA) is 70.2 Å². The fourth-order valence-corrected chi connectivity index (χ4v) is 1.79. The fraction of sp³-hybridized carbons (Fsp3) is 1.00. The zero-order valence-corrected chi connectivity index (χ0v) is 7.24. The molecule has 0 saturated carbocycles. The van der Waals surface area contributed by atoms with Gasteiger partial charge in [-0.25, -0.2) is 4.72 Å². The summed E-state index contributed by atoms with van der Waals surface area (Å²) in [6.07, 6.45) is 0.862. The first-order chi connectivity index (χ1) is 5.14. The molecule has 1 atom stereocenters. The standard InChI is InChI=1S/C5H13N3O2S/c1-6-11(9,10)8-5-2-3-7-4-5/h5-8H,2-4H2,1H3/t5-/m1/s1. The summed E-state index contributed by atoms with van der Waals surface area (Å²) >= 11 is 0.